The Morgan fingerprint density at radius 1 is 1.14 bits per heavy atom. The van der Waals surface area contributed by atoms with Crippen molar-refractivity contribution in [1.82, 2.24) is 20.3 Å². The predicted molar refractivity (Wildman–Crippen MR) is 156 cm³/mol. The fourth-order valence-electron chi connectivity index (χ4n) is 4.33. The molecule has 0 saturated heterocycles. The first-order chi connectivity index (χ1) is 20.0. The number of sulfone groups is 1. The van der Waals surface area contributed by atoms with E-state index in [-0.39, 0.29) is 30.3 Å². The summed E-state index contributed by atoms with van der Waals surface area (Å²) in [6.45, 7) is 2.04. The Labute approximate surface area is 246 Å². The molecule has 10 nitrogen and oxygen atoms in total. The maximum Gasteiger partial charge on any atom is 0.326 e. The van der Waals surface area contributed by atoms with Gasteiger partial charge in [0.25, 0.3) is 5.91 Å². The van der Waals surface area contributed by atoms with E-state index < -0.39 is 33.5 Å². The summed E-state index contributed by atoms with van der Waals surface area (Å²) < 4.78 is 42.7. The van der Waals surface area contributed by atoms with Crippen LogP contribution in [0.15, 0.2) is 60.2 Å². The third kappa shape index (κ3) is 8.70. The maximum absolute atomic E-state index is 13.4. The molecule has 4 rings (SSSR count). The molecule has 0 saturated carbocycles. The smallest absolute Gasteiger partial charge is 0.326 e. The van der Waals surface area contributed by atoms with Crippen LogP contribution in [0.1, 0.15) is 50.3 Å². The number of halogens is 1. The van der Waals surface area contributed by atoms with Gasteiger partial charge < -0.3 is 20.1 Å². The fourth-order valence-corrected chi connectivity index (χ4v) is 5.73. The molecule has 1 unspecified atom stereocenters. The van der Waals surface area contributed by atoms with E-state index in [1.54, 1.807) is 42.7 Å². The molecule has 222 valence electrons. The van der Waals surface area contributed by atoms with Crippen molar-refractivity contribution in [2.45, 2.75) is 38.1 Å². The third-order valence-electron chi connectivity index (χ3n) is 6.57. The van der Waals surface area contributed by atoms with Crippen LogP contribution < -0.4 is 10.1 Å². The monoisotopic (exact) mass is 614 g/mol. The van der Waals surface area contributed by atoms with Crippen LogP contribution in [-0.4, -0.2) is 65.0 Å². The number of hydrogen-bond donors (Lipinski definition) is 3. The number of carbonyl (C=O) groups is 2. The van der Waals surface area contributed by atoms with Gasteiger partial charge in [-0.05, 0) is 61.6 Å². The summed E-state index contributed by atoms with van der Waals surface area (Å²) in [5.74, 6) is -1.86. The van der Waals surface area contributed by atoms with E-state index in [0.717, 1.165) is 28.3 Å². The van der Waals surface area contributed by atoms with Crippen LogP contribution in [0.4, 0.5) is 4.39 Å². The van der Waals surface area contributed by atoms with Gasteiger partial charge in [-0.15, -0.1) is 11.3 Å². The molecule has 3 N–H and O–H groups in total. The van der Waals surface area contributed by atoms with Crippen molar-refractivity contribution in [2.75, 3.05) is 18.6 Å². The Morgan fingerprint density at radius 3 is 2.52 bits per heavy atom. The second kappa shape index (κ2) is 13.7. The summed E-state index contributed by atoms with van der Waals surface area (Å²) in [6.07, 6.45) is 5.07. The van der Waals surface area contributed by atoms with Gasteiger partial charge in [0.1, 0.15) is 44.9 Å². The van der Waals surface area contributed by atoms with Gasteiger partial charge >= 0.3 is 5.97 Å². The number of aromatic nitrogens is 3. The molecule has 0 spiro atoms. The number of aryl methyl sites for hydroxylation is 3. The Morgan fingerprint density at radius 2 is 1.90 bits per heavy atom. The summed E-state index contributed by atoms with van der Waals surface area (Å²) >= 11 is 1.48. The van der Waals surface area contributed by atoms with Gasteiger partial charge in [0.15, 0.2) is 0 Å². The van der Waals surface area contributed by atoms with Gasteiger partial charge in [0, 0.05) is 35.3 Å². The van der Waals surface area contributed by atoms with E-state index in [1.807, 2.05) is 12.3 Å². The number of imidazole rings is 1. The highest BCUT2D eigenvalue weighted by Gasteiger charge is 2.25. The molecule has 0 bridgehead atoms. The highest BCUT2D eigenvalue weighted by atomic mass is 32.2. The molecule has 2 heterocycles. The Balaban J connectivity index is 1.58. The minimum absolute atomic E-state index is 0.192. The Hall–Kier alpha value is -4.10. The number of rotatable bonds is 14. The lowest BCUT2D eigenvalue weighted by Crippen LogP contribution is -2.42. The number of aromatic amines is 1. The number of nitrogens with zero attached hydrogens (tertiary/aromatic N) is 2. The van der Waals surface area contributed by atoms with Crippen LogP contribution in [0.2, 0.25) is 0 Å². The van der Waals surface area contributed by atoms with E-state index >= 15 is 0 Å². The van der Waals surface area contributed by atoms with E-state index in [4.69, 9.17) is 4.74 Å². The number of nitrogens with one attached hydrogen (secondary N) is 2. The van der Waals surface area contributed by atoms with E-state index in [9.17, 15) is 27.5 Å². The number of hydrogen-bond acceptors (Lipinski definition) is 8. The van der Waals surface area contributed by atoms with Crippen molar-refractivity contribution in [3.8, 4) is 5.75 Å². The molecule has 13 heteroatoms. The number of H-pyrrole nitrogens is 1. The Kier molecular flexibility index (Phi) is 10.1. The van der Waals surface area contributed by atoms with Crippen molar-refractivity contribution in [3.05, 3.63) is 99.3 Å². The average molecular weight is 615 g/mol. The summed E-state index contributed by atoms with van der Waals surface area (Å²) in [4.78, 5) is 37.2. The zero-order valence-corrected chi connectivity index (χ0v) is 24.7. The zero-order valence-electron chi connectivity index (χ0n) is 23.0. The molecular formula is C29H31FN4O6S2. The maximum atomic E-state index is 13.4. The zero-order chi connectivity index (χ0) is 30.3. The van der Waals surface area contributed by atoms with Crippen LogP contribution >= 0.6 is 11.3 Å². The number of thiazole rings is 1. The van der Waals surface area contributed by atoms with Crippen molar-refractivity contribution >= 4 is 33.1 Å². The van der Waals surface area contributed by atoms with Gasteiger partial charge in [-0.2, -0.15) is 0 Å². The highest BCUT2D eigenvalue weighted by Crippen LogP contribution is 2.28. The van der Waals surface area contributed by atoms with E-state index in [1.165, 1.54) is 23.5 Å². The summed E-state index contributed by atoms with van der Waals surface area (Å²) in [7, 11) is -3.44. The van der Waals surface area contributed by atoms with Crippen LogP contribution in [0, 0.1) is 12.7 Å². The van der Waals surface area contributed by atoms with Crippen LogP contribution in [0.3, 0.4) is 0 Å². The average Bonchev–Trinajstić information content (AvgIpc) is 3.63. The van der Waals surface area contributed by atoms with Crippen molar-refractivity contribution in [3.63, 3.8) is 0 Å². The molecule has 1 amide bonds. The molecule has 2 aromatic heterocycles. The summed E-state index contributed by atoms with van der Waals surface area (Å²) in [5, 5.41) is 14.8. The van der Waals surface area contributed by atoms with Crippen molar-refractivity contribution in [2.24, 2.45) is 0 Å². The Bertz CT molecular complexity index is 1620. The number of benzene rings is 2. The normalized spacial score (nSPS) is 12.9. The first-order valence-electron chi connectivity index (χ1n) is 13.1. The molecule has 2 aromatic carbocycles. The largest absolute Gasteiger partial charge is 0.492 e. The second-order valence-corrected chi connectivity index (χ2v) is 13.1. The number of carbonyl (C=O) groups excluding carboxylic acids is 1. The van der Waals surface area contributed by atoms with Crippen LogP contribution in [-0.2, 0) is 27.5 Å². The summed E-state index contributed by atoms with van der Waals surface area (Å²) in [5.41, 5.74) is 2.51. The SMILES string of the molecule is Cc1ncc(C(COc2ccc(CCc3ccc(F)cc3)c(C(=O)N[C@@H](CCS(C)(=O)=O)C(=O)O)c2)c2nccs2)[nH]1. The van der Waals surface area contributed by atoms with Crippen molar-refractivity contribution < 1.29 is 32.2 Å². The minimum atomic E-state index is -3.44. The van der Waals surface area contributed by atoms with Gasteiger partial charge in [-0.25, -0.2) is 27.6 Å². The molecule has 0 aliphatic carbocycles. The molecule has 42 heavy (non-hydrogen) atoms. The second-order valence-electron chi connectivity index (χ2n) is 9.89. The highest BCUT2D eigenvalue weighted by molar-refractivity contribution is 7.90. The third-order valence-corrected chi connectivity index (χ3v) is 8.43. The lowest BCUT2D eigenvalue weighted by Gasteiger charge is -2.18. The molecule has 0 aliphatic heterocycles. The molecule has 2 atom stereocenters. The lowest BCUT2D eigenvalue weighted by molar-refractivity contribution is -0.139. The van der Waals surface area contributed by atoms with E-state index in [0.29, 0.717) is 24.2 Å². The van der Waals surface area contributed by atoms with E-state index in [2.05, 4.69) is 20.3 Å². The molecular weight excluding hydrogens is 583 g/mol. The number of amides is 1. The number of carboxylic acid groups (broad SMARTS) is 1. The number of ether oxygens (including phenoxy) is 1. The fraction of sp³-hybridized carbons (Fsp3) is 0.310. The van der Waals surface area contributed by atoms with Gasteiger partial charge in [-0.1, -0.05) is 18.2 Å². The first kappa shape index (κ1) is 30.8. The van der Waals surface area contributed by atoms with Crippen molar-refractivity contribution in [1.29, 1.82) is 0 Å². The standard InChI is InChI=1S/C29H31FN4O6S2/c1-18-32-16-26(33-18)24(28-31-12-13-41-28)17-40-22-10-7-20(6-3-19-4-8-21(30)9-5-19)23(15-22)27(35)34-25(29(36)37)11-14-42(2,38)39/h4-5,7-10,12-13,15-16,24-25H,3,6,11,14,17H2,1-2H3,(H,32,33)(H,34,35)(H,36,37)/t24?,25-/m0/s1. The van der Waals surface area contributed by atoms with Crippen LogP contribution in [0.25, 0.3) is 0 Å². The predicted octanol–water partition coefficient (Wildman–Crippen LogP) is 3.93. The summed E-state index contributed by atoms with van der Waals surface area (Å²) in [6, 6.07) is 9.65. The molecule has 0 aliphatic rings. The molecule has 0 fully saturated rings. The van der Waals surface area contributed by atoms with Gasteiger partial charge in [0.05, 0.1) is 11.7 Å². The van der Waals surface area contributed by atoms with Gasteiger partial charge in [-0.3, -0.25) is 4.79 Å². The molecule has 0 radical (unpaired) electrons. The number of carboxylic acids is 1. The minimum Gasteiger partial charge on any atom is -0.492 e. The topological polar surface area (TPSA) is 151 Å². The first-order valence-corrected chi connectivity index (χ1v) is 16.0. The quantitative estimate of drug-likeness (QED) is 0.193. The molecule has 4 aromatic rings. The lowest BCUT2D eigenvalue weighted by atomic mass is 9.98. The van der Waals surface area contributed by atoms with Crippen LogP contribution in [0.5, 0.6) is 5.75 Å². The number of aliphatic carboxylic acids is 1. The van der Waals surface area contributed by atoms with Gasteiger partial charge in [0.2, 0.25) is 0 Å².